The number of aliphatic carboxylic acids is 1. The molecule has 1 rings (SSSR count). The first kappa shape index (κ1) is 16.1. The molecule has 1 atom stereocenters. The van der Waals surface area contributed by atoms with Gasteiger partial charge in [-0.05, 0) is 18.1 Å². The number of carboxylic acids is 1. The summed E-state index contributed by atoms with van der Waals surface area (Å²) < 4.78 is 26.4. The first-order chi connectivity index (χ1) is 9.38. The predicted octanol–water partition coefficient (Wildman–Crippen LogP) is 1.23. The summed E-state index contributed by atoms with van der Waals surface area (Å²) in [6, 6.07) is 7.70. The molecule has 0 heterocycles. The number of carbonyl (C=O) groups is 1. The number of benzene rings is 1. The van der Waals surface area contributed by atoms with Gasteiger partial charge in [0.15, 0.2) is 0 Å². The molecule has 0 bridgehead atoms. The van der Waals surface area contributed by atoms with Crippen LogP contribution in [0.3, 0.4) is 0 Å². The van der Waals surface area contributed by atoms with E-state index in [0.29, 0.717) is 17.5 Å². The van der Waals surface area contributed by atoms with Gasteiger partial charge in [-0.15, -0.1) is 0 Å². The number of nitriles is 1. The SMILES string of the molecule is CCC(CC(=O)O)NS(=O)(=O)Cc1ccccc1C#N. The largest absolute Gasteiger partial charge is 0.481 e. The van der Waals surface area contributed by atoms with E-state index in [1.807, 2.05) is 6.07 Å². The van der Waals surface area contributed by atoms with Crippen molar-refractivity contribution in [2.45, 2.75) is 31.6 Å². The highest BCUT2D eigenvalue weighted by molar-refractivity contribution is 7.88. The minimum Gasteiger partial charge on any atom is -0.481 e. The molecule has 1 unspecified atom stereocenters. The van der Waals surface area contributed by atoms with Crippen LogP contribution in [0.15, 0.2) is 24.3 Å². The van der Waals surface area contributed by atoms with Gasteiger partial charge in [-0.2, -0.15) is 5.26 Å². The summed E-state index contributed by atoms with van der Waals surface area (Å²) in [7, 11) is -3.69. The Bertz CT molecular complexity index is 620. The van der Waals surface area contributed by atoms with Crippen LogP contribution < -0.4 is 4.72 Å². The number of nitrogens with one attached hydrogen (secondary N) is 1. The van der Waals surface area contributed by atoms with E-state index in [4.69, 9.17) is 10.4 Å². The molecular formula is C13H16N2O4S. The maximum atomic E-state index is 12.0. The van der Waals surface area contributed by atoms with Gasteiger partial charge in [0.05, 0.1) is 23.8 Å². The van der Waals surface area contributed by atoms with E-state index in [9.17, 15) is 13.2 Å². The second kappa shape index (κ2) is 7.03. The molecular weight excluding hydrogens is 280 g/mol. The Hall–Kier alpha value is -1.91. The maximum Gasteiger partial charge on any atom is 0.304 e. The number of sulfonamides is 1. The van der Waals surface area contributed by atoms with E-state index in [1.165, 1.54) is 0 Å². The number of hydrogen-bond acceptors (Lipinski definition) is 4. The smallest absolute Gasteiger partial charge is 0.304 e. The first-order valence-corrected chi connectivity index (χ1v) is 7.73. The Morgan fingerprint density at radius 1 is 1.45 bits per heavy atom. The van der Waals surface area contributed by atoms with Crippen molar-refractivity contribution in [3.63, 3.8) is 0 Å². The monoisotopic (exact) mass is 296 g/mol. The molecule has 0 aliphatic rings. The van der Waals surface area contributed by atoms with Crippen LogP contribution in [0.25, 0.3) is 0 Å². The van der Waals surface area contributed by atoms with Crippen LogP contribution in [-0.2, 0) is 20.6 Å². The quantitative estimate of drug-likeness (QED) is 0.787. The van der Waals surface area contributed by atoms with Crippen molar-refractivity contribution in [3.8, 4) is 6.07 Å². The van der Waals surface area contributed by atoms with Crippen molar-refractivity contribution in [3.05, 3.63) is 35.4 Å². The van der Waals surface area contributed by atoms with Gasteiger partial charge in [-0.1, -0.05) is 25.1 Å². The zero-order valence-corrected chi connectivity index (χ0v) is 11.9. The van der Waals surface area contributed by atoms with Gasteiger partial charge >= 0.3 is 5.97 Å². The van der Waals surface area contributed by atoms with E-state index in [0.717, 1.165) is 0 Å². The van der Waals surface area contributed by atoms with Gasteiger partial charge in [0.1, 0.15) is 0 Å². The molecule has 1 aromatic rings. The Morgan fingerprint density at radius 3 is 2.65 bits per heavy atom. The Kier molecular flexibility index (Phi) is 5.67. The predicted molar refractivity (Wildman–Crippen MR) is 73.2 cm³/mol. The average molecular weight is 296 g/mol. The van der Waals surface area contributed by atoms with Gasteiger partial charge in [-0.3, -0.25) is 4.79 Å². The van der Waals surface area contributed by atoms with Gasteiger partial charge < -0.3 is 5.11 Å². The number of hydrogen-bond donors (Lipinski definition) is 2. The summed E-state index contributed by atoms with van der Waals surface area (Å²) in [4.78, 5) is 10.6. The van der Waals surface area contributed by atoms with Crippen molar-refractivity contribution < 1.29 is 18.3 Å². The molecule has 0 aliphatic heterocycles. The normalized spacial score (nSPS) is 12.6. The van der Waals surface area contributed by atoms with Crippen molar-refractivity contribution in [2.24, 2.45) is 0 Å². The number of rotatable bonds is 7. The second-order valence-electron chi connectivity index (χ2n) is 4.35. The lowest BCUT2D eigenvalue weighted by molar-refractivity contribution is -0.137. The molecule has 20 heavy (non-hydrogen) atoms. The number of nitrogens with zero attached hydrogens (tertiary/aromatic N) is 1. The third kappa shape index (κ3) is 4.99. The summed E-state index contributed by atoms with van der Waals surface area (Å²) in [5, 5.41) is 17.6. The zero-order valence-electron chi connectivity index (χ0n) is 11.0. The molecule has 0 fully saturated rings. The minimum atomic E-state index is -3.69. The molecule has 0 radical (unpaired) electrons. The summed E-state index contributed by atoms with van der Waals surface area (Å²) in [5.41, 5.74) is 0.692. The van der Waals surface area contributed by atoms with Crippen molar-refractivity contribution in [2.75, 3.05) is 0 Å². The van der Waals surface area contributed by atoms with Crippen LogP contribution in [0.1, 0.15) is 30.9 Å². The Balaban J connectivity index is 2.84. The summed E-state index contributed by atoms with van der Waals surface area (Å²) in [5.74, 6) is -1.40. The van der Waals surface area contributed by atoms with Crippen molar-refractivity contribution in [1.29, 1.82) is 5.26 Å². The molecule has 0 aromatic heterocycles. The van der Waals surface area contributed by atoms with Crippen LogP contribution >= 0.6 is 0 Å². The first-order valence-electron chi connectivity index (χ1n) is 6.07. The van der Waals surface area contributed by atoms with Crippen LogP contribution in [0.2, 0.25) is 0 Å². The molecule has 0 aliphatic carbocycles. The zero-order chi connectivity index (χ0) is 15.2. The highest BCUT2D eigenvalue weighted by Gasteiger charge is 2.20. The van der Waals surface area contributed by atoms with E-state index in [1.54, 1.807) is 31.2 Å². The fourth-order valence-corrected chi connectivity index (χ4v) is 3.24. The van der Waals surface area contributed by atoms with Crippen LogP contribution in [0.5, 0.6) is 0 Å². The standard InChI is InChI=1S/C13H16N2O4S/c1-2-12(7-13(16)17)15-20(18,19)9-11-6-4-3-5-10(11)8-14/h3-6,12,15H,2,7,9H2,1H3,(H,16,17). The van der Waals surface area contributed by atoms with Gasteiger partial charge in [0.2, 0.25) is 10.0 Å². The fourth-order valence-electron chi connectivity index (χ4n) is 1.74. The van der Waals surface area contributed by atoms with Crippen LogP contribution in [0, 0.1) is 11.3 Å². The second-order valence-corrected chi connectivity index (χ2v) is 6.10. The lowest BCUT2D eigenvalue weighted by Gasteiger charge is -2.15. The highest BCUT2D eigenvalue weighted by Crippen LogP contribution is 2.12. The molecule has 6 nitrogen and oxygen atoms in total. The van der Waals surface area contributed by atoms with Crippen LogP contribution in [-0.4, -0.2) is 25.5 Å². The minimum absolute atomic E-state index is 0.268. The summed E-state index contributed by atoms with van der Waals surface area (Å²) >= 11 is 0. The van der Waals surface area contributed by atoms with Gasteiger partial charge in [0, 0.05) is 6.04 Å². The van der Waals surface area contributed by atoms with E-state index >= 15 is 0 Å². The summed E-state index contributed by atoms with van der Waals surface area (Å²) in [6.07, 6.45) is 0.112. The fraction of sp³-hybridized carbons (Fsp3) is 0.385. The number of carboxylic acid groups (broad SMARTS) is 1. The topological polar surface area (TPSA) is 107 Å². The molecule has 0 spiro atoms. The van der Waals surface area contributed by atoms with E-state index < -0.39 is 22.0 Å². The molecule has 0 saturated heterocycles. The van der Waals surface area contributed by atoms with Crippen LogP contribution in [0.4, 0.5) is 0 Å². The third-order valence-electron chi connectivity index (χ3n) is 2.74. The van der Waals surface area contributed by atoms with Crippen molar-refractivity contribution in [1.82, 2.24) is 4.72 Å². The molecule has 2 N–H and O–H groups in total. The van der Waals surface area contributed by atoms with Crippen molar-refractivity contribution >= 4 is 16.0 Å². The van der Waals surface area contributed by atoms with Gasteiger partial charge in [0.25, 0.3) is 0 Å². The summed E-state index contributed by atoms with van der Waals surface area (Å²) in [6.45, 7) is 1.71. The Labute approximate surface area is 118 Å². The maximum absolute atomic E-state index is 12.0. The molecule has 1 aromatic carbocycles. The molecule has 108 valence electrons. The average Bonchev–Trinajstić information content (AvgIpc) is 2.37. The third-order valence-corrected chi connectivity index (χ3v) is 4.13. The van der Waals surface area contributed by atoms with Gasteiger partial charge in [-0.25, -0.2) is 13.1 Å². The molecule has 0 amide bonds. The van der Waals surface area contributed by atoms with E-state index in [2.05, 4.69) is 4.72 Å². The lowest BCUT2D eigenvalue weighted by Crippen LogP contribution is -2.36. The van der Waals surface area contributed by atoms with E-state index in [-0.39, 0.29) is 12.2 Å². The highest BCUT2D eigenvalue weighted by atomic mass is 32.2. The Morgan fingerprint density at radius 2 is 2.10 bits per heavy atom. The lowest BCUT2D eigenvalue weighted by atomic mass is 10.1. The molecule has 0 saturated carbocycles. The molecule has 7 heteroatoms.